The molecule has 0 amide bonds. The Hall–Kier alpha value is -1.63. The van der Waals surface area contributed by atoms with E-state index in [-0.39, 0.29) is 24.5 Å². The number of hydrogen-bond acceptors (Lipinski definition) is 5. The van der Waals surface area contributed by atoms with Gasteiger partial charge in [-0.25, -0.2) is 0 Å². The molecular formula is C18H25NO5. The van der Waals surface area contributed by atoms with Crippen LogP contribution in [0.1, 0.15) is 18.4 Å². The number of ether oxygens (including phenoxy) is 2. The molecule has 2 heterocycles. The predicted octanol–water partition coefficient (Wildman–Crippen LogP) is 1.37. The van der Waals surface area contributed by atoms with Gasteiger partial charge in [-0.2, -0.15) is 0 Å². The topological polar surface area (TPSA) is 79.2 Å². The third kappa shape index (κ3) is 3.55. The van der Waals surface area contributed by atoms with Gasteiger partial charge in [-0.15, -0.1) is 0 Å². The molecule has 1 spiro atoms. The first-order chi connectivity index (χ1) is 11.6. The van der Waals surface area contributed by atoms with Crippen molar-refractivity contribution in [2.45, 2.75) is 19.4 Å². The summed E-state index contributed by atoms with van der Waals surface area (Å²) in [5.41, 5.74) is 0.851. The van der Waals surface area contributed by atoms with Gasteiger partial charge in [0, 0.05) is 43.8 Å². The number of aliphatic hydroxyl groups excluding tert-OH is 1. The normalized spacial score (nSPS) is 23.5. The molecule has 1 atom stereocenters. The van der Waals surface area contributed by atoms with Crippen LogP contribution in [0.3, 0.4) is 0 Å². The van der Waals surface area contributed by atoms with Gasteiger partial charge >= 0.3 is 5.97 Å². The molecule has 0 aromatic heterocycles. The lowest BCUT2D eigenvalue weighted by molar-refractivity contribution is -0.147. The highest BCUT2D eigenvalue weighted by atomic mass is 16.5. The number of carbonyl (C=O) groups is 1. The molecule has 1 aromatic rings. The number of aliphatic carboxylic acids is 1. The SMILES string of the molecule is O=C(O)C1CN(Cc2ccccc2OCCO)CC12CCOCC2. The number of para-hydroxylation sites is 1. The fraction of sp³-hybridized carbons (Fsp3) is 0.611. The summed E-state index contributed by atoms with van der Waals surface area (Å²) in [5.74, 6) is -0.289. The van der Waals surface area contributed by atoms with Gasteiger partial charge in [0.15, 0.2) is 0 Å². The van der Waals surface area contributed by atoms with Crippen molar-refractivity contribution in [3.05, 3.63) is 29.8 Å². The van der Waals surface area contributed by atoms with Crippen molar-refractivity contribution in [1.29, 1.82) is 0 Å². The number of benzene rings is 1. The highest BCUT2D eigenvalue weighted by molar-refractivity contribution is 5.72. The van der Waals surface area contributed by atoms with Crippen LogP contribution < -0.4 is 4.74 Å². The molecule has 6 heteroatoms. The van der Waals surface area contributed by atoms with E-state index in [1.54, 1.807) is 0 Å². The fourth-order valence-electron chi connectivity index (χ4n) is 3.99. The number of hydrogen-bond donors (Lipinski definition) is 2. The van der Waals surface area contributed by atoms with Crippen molar-refractivity contribution in [2.24, 2.45) is 11.3 Å². The standard InChI is InChI=1S/C18H25NO5/c20-7-10-24-16-4-2-1-3-14(16)11-19-12-15(17(21)22)18(13-19)5-8-23-9-6-18/h1-4,15,20H,5-13H2,(H,21,22). The Balaban J connectivity index is 1.73. The number of aliphatic hydroxyl groups is 1. The van der Waals surface area contributed by atoms with Crippen molar-refractivity contribution in [2.75, 3.05) is 39.5 Å². The average molecular weight is 335 g/mol. The van der Waals surface area contributed by atoms with Crippen LogP contribution in [0.2, 0.25) is 0 Å². The lowest BCUT2D eigenvalue weighted by Crippen LogP contribution is -2.40. The van der Waals surface area contributed by atoms with E-state index < -0.39 is 5.97 Å². The van der Waals surface area contributed by atoms with Gasteiger partial charge in [-0.1, -0.05) is 18.2 Å². The van der Waals surface area contributed by atoms with E-state index in [4.69, 9.17) is 14.6 Å². The van der Waals surface area contributed by atoms with E-state index in [9.17, 15) is 9.90 Å². The Morgan fingerprint density at radius 3 is 2.79 bits per heavy atom. The lowest BCUT2D eigenvalue weighted by atomic mass is 9.72. The molecule has 6 nitrogen and oxygen atoms in total. The summed E-state index contributed by atoms with van der Waals surface area (Å²) >= 11 is 0. The minimum atomic E-state index is -0.704. The molecule has 0 radical (unpaired) electrons. The summed E-state index contributed by atoms with van der Waals surface area (Å²) in [6.07, 6.45) is 1.62. The Labute approximate surface area is 142 Å². The first kappa shape index (κ1) is 17.2. The third-order valence-electron chi connectivity index (χ3n) is 5.22. The Bertz CT molecular complexity index is 570. The average Bonchev–Trinajstić information content (AvgIpc) is 2.92. The molecule has 0 saturated carbocycles. The van der Waals surface area contributed by atoms with Crippen LogP contribution in [0.4, 0.5) is 0 Å². The van der Waals surface area contributed by atoms with Gasteiger partial charge in [-0.3, -0.25) is 9.69 Å². The number of carboxylic acids is 1. The molecular weight excluding hydrogens is 310 g/mol. The zero-order valence-electron chi connectivity index (χ0n) is 13.8. The molecule has 0 aliphatic carbocycles. The number of carboxylic acid groups (broad SMARTS) is 1. The largest absolute Gasteiger partial charge is 0.491 e. The third-order valence-corrected chi connectivity index (χ3v) is 5.22. The maximum atomic E-state index is 11.8. The molecule has 2 aliphatic rings. The predicted molar refractivity (Wildman–Crippen MR) is 87.9 cm³/mol. The van der Waals surface area contributed by atoms with Crippen molar-refractivity contribution < 1.29 is 24.5 Å². The van der Waals surface area contributed by atoms with Gasteiger partial charge in [-0.05, 0) is 18.9 Å². The molecule has 2 N–H and O–H groups in total. The molecule has 1 aromatic carbocycles. The van der Waals surface area contributed by atoms with Gasteiger partial charge < -0.3 is 19.7 Å². The molecule has 3 rings (SSSR count). The van der Waals surface area contributed by atoms with Crippen molar-refractivity contribution >= 4 is 5.97 Å². The summed E-state index contributed by atoms with van der Waals surface area (Å²) < 4.78 is 11.0. The van der Waals surface area contributed by atoms with Gasteiger partial charge in [0.1, 0.15) is 12.4 Å². The maximum Gasteiger partial charge on any atom is 0.308 e. The summed E-state index contributed by atoms with van der Waals surface area (Å²) in [4.78, 5) is 14.0. The molecule has 132 valence electrons. The zero-order valence-corrected chi connectivity index (χ0v) is 13.8. The van der Waals surface area contributed by atoms with Crippen molar-refractivity contribution in [3.63, 3.8) is 0 Å². The van der Waals surface area contributed by atoms with Crippen LogP contribution in [0.15, 0.2) is 24.3 Å². The minimum absolute atomic E-state index is 0.0255. The van der Waals surface area contributed by atoms with E-state index in [1.165, 1.54) is 0 Å². The summed E-state index contributed by atoms with van der Waals surface area (Å²) in [5, 5.41) is 18.6. The summed E-state index contributed by atoms with van der Waals surface area (Å²) in [6.45, 7) is 3.53. The number of rotatable bonds is 6. The van der Waals surface area contributed by atoms with E-state index in [1.807, 2.05) is 24.3 Å². The number of nitrogens with zero attached hydrogens (tertiary/aromatic N) is 1. The monoisotopic (exact) mass is 335 g/mol. The Kier molecular flexibility index (Phi) is 5.38. The van der Waals surface area contributed by atoms with Crippen LogP contribution in [0.25, 0.3) is 0 Å². The van der Waals surface area contributed by atoms with E-state index in [0.29, 0.717) is 26.3 Å². The summed E-state index contributed by atoms with van der Waals surface area (Å²) in [7, 11) is 0. The van der Waals surface area contributed by atoms with Gasteiger partial charge in [0.25, 0.3) is 0 Å². The smallest absolute Gasteiger partial charge is 0.308 e. The molecule has 24 heavy (non-hydrogen) atoms. The van der Waals surface area contributed by atoms with E-state index >= 15 is 0 Å². The second kappa shape index (κ2) is 7.51. The maximum absolute atomic E-state index is 11.8. The second-order valence-corrected chi connectivity index (χ2v) is 6.71. The van der Waals surface area contributed by atoms with Crippen LogP contribution in [0.5, 0.6) is 5.75 Å². The minimum Gasteiger partial charge on any atom is -0.491 e. The molecule has 2 aliphatic heterocycles. The van der Waals surface area contributed by atoms with Crippen LogP contribution in [-0.4, -0.2) is 60.6 Å². The van der Waals surface area contributed by atoms with Crippen molar-refractivity contribution in [1.82, 2.24) is 4.90 Å². The summed E-state index contributed by atoms with van der Waals surface area (Å²) in [6, 6.07) is 7.74. The molecule has 2 fully saturated rings. The molecule has 1 unspecified atom stereocenters. The first-order valence-corrected chi connectivity index (χ1v) is 8.49. The lowest BCUT2D eigenvalue weighted by Gasteiger charge is -2.36. The first-order valence-electron chi connectivity index (χ1n) is 8.49. The molecule has 0 bridgehead atoms. The Morgan fingerprint density at radius 2 is 2.08 bits per heavy atom. The molecule has 2 saturated heterocycles. The van der Waals surface area contributed by atoms with Crippen LogP contribution >= 0.6 is 0 Å². The van der Waals surface area contributed by atoms with E-state index in [0.717, 1.165) is 30.7 Å². The van der Waals surface area contributed by atoms with Gasteiger partial charge in [0.2, 0.25) is 0 Å². The van der Waals surface area contributed by atoms with Crippen LogP contribution in [0, 0.1) is 11.3 Å². The highest BCUT2D eigenvalue weighted by Gasteiger charge is 2.50. The highest BCUT2D eigenvalue weighted by Crippen LogP contribution is 2.45. The Morgan fingerprint density at radius 1 is 1.33 bits per heavy atom. The van der Waals surface area contributed by atoms with Gasteiger partial charge in [0.05, 0.1) is 12.5 Å². The van der Waals surface area contributed by atoms with E-state index in [2.05, 4.69) is 4.90 Å². The second-order valence-electron chi connectivity index (χ2n) is 6.71. The zero-order chi connectivity index (χ0) is 17.0. The number of likely N-dealkylation sites (tertiary alicyclic amines) is 1. The van der Waals surface area contributed by atoms with Crippen molar-refractivity contribution in [3.8, 4) is 5.75 Å². The fourth-order valence-corrected chi connectivity index (χ4v) is 3.99. The quantitative estimate of drug-likeness (QED) is 0.817. The van der Waals surface area contributed by atoms with Crippen LogP contribution in [-0.2, 0) is 16.1 Å².